The van der Waals surface area contributed by atoms with Gasteiger partial charge in [-0.3, -0.25) is 4.55 Å². The second-order valence-electron chi connectivity index (χ2n) is 8.82. The maximum absolute atomic E-state index is 13.1. The van der Waals surface area contributed by atoms with Gasteiger partial charge >= 0.3 is 29.6 Å². The Labute approximate surface area is 208 Å². The van der Waals surface area contributed by atoms with E-state index in [-0.39, 0.29) is 45.9 Å². The van der Waals surface area contributed by atoms with Gasteiger partial charge in [-0.05, 0) is 58.0 Å². The summed E-state index contributed by atoms with van der Waals surface area (Å²) < 4.78 is 31.4. The molecule has 2 heterocycles. The molecule has 0 bridgehead atoms. The molecule has 4 rings (SSSR count). The summed E-state index contributed by atoms with van der Waals surface area (Å²) in [6.45, 7) is 7.40. The molecule has 2 aromatic carbocycles. The summed E-state index contributed by atoms with van der Waals surface area (Å²) in [5.41, 5.74) is 1.20. The number of fused-ring (bicyclic) bond motifs is 3. The van der Waals surface area contributed by atoms with Crippen molar-refractivity contribution >= 4 is 32.4 Å². The van der Waals surface area contributed by atoms with Crippen molar-refractivity contribution in [3.63, 3.8) is 0 Å². The number of hydroxylamine groups is 2. The normalized spacial score (nSPS) is 17.9. The van der Waals surface area contributed by atoms with Gasteiger partial charge in [0, 0.05) is 28.6 Å². The second-order valence-corrected chi connectivity index (χ2v) is 10.2. The molecular formula is C21H22N4NaO5S. The molecular weight excluding hydrogens is 443 g/mol. The number of nitrogens with zero attached hydrogens (tertiary/aromatic N) is 3. The van der Waals surface area contributed by atoms with Gasteiger partial charge in [0.1, 0.15) is 0 Å². The van der Waals surface area contributed by atoms with E-state index in [4.69, 9.17) is 4.55 Å². The molecule has 0 aliphatic carbocycles. The van der Waals surface area contributed by atoms with Gasteiger partial charge < -0.3 is 10.1 Å². The van der Waals surface area contributed by atoms with Crippen molar-refractivity contribution in [1.29, 1.82) is 0 Å². The van der Waals surface area contributed by atoms with E-state index in [0.29, 0.717) is 23.0 Å². The molecule has 11 heteroatoms. The van der Waals surface area contributed by atoms with Crippen LogP contribution in [0.3, 0.4) is 0 Å². The first-order chi connectivity index (χ1) is 14.3. The summed E-state index contributed by atoms with van der Waals surface area (Å²) in [7, 11) is -4.31. The summed E-state index contributed by atoms with van der Waals surface area (Å²) >= 11 is 0. The van der Waals surface area contributed by atoms with E-state index in [2.05, 4.69) is 15.2 Å². The van der Waals surface area contributed by atoms with E-state index in [1.807, 2.05) is 27.7 Å². The van der Waals surface area contributed by atoms with Gasteiger partial charge in [-0.2, -0.15) is 18.6 Å². The van der Waals surface area contributed by atoms with Crippen LogP contribution < -0.4 is 34.7 Å². The Kier molecular flexibility index (Phi) is 6.37. The molecule has 163 valence electrons. The zero-order valence-corrected chi connectivity index (χ0v) is 21.3. The molecule has 1 radical (unpaired) electrons. The van der Waals surface area contributed by atoms with E-state index in [0.717, 1.165) is 16.3 Å². The largest absolute Gasteiger partial charge is 1.00 e. The summed E-state index contributed by atoms with van der Waals surface area (Å²) in [5.74, 6) is -0.342. The van der Waals surface area contributed by atoms with Gasteiger partial charge in [0.15, 0.2) is 0 Å². The van der Waals surface area contributed by atoms with Crippen LogP contribution in [-0.4, -0.2) is 28.6 Å². The van der Waals surface area contributed by atoms with Crippen molar-refractivity contribution in [2.24, 2.45) is 10.2 Å². The predicted molar refractivity (Wildman–Crippen MR) is 112 cm³/mol. The molecule has 1 aliphatic heterocycles. The van der Waals surface area contributed by atoms with Gasteiger partial charge in [-0.25, -0.2) is 0 Å². The number of hydrogen-bond acceptors (Lipinski definition) is 6. The predicted octanol–water partition coefficient (Wildman–Crippen LogP) is 1.12. The van der Waals surface area contributed by atoms with Crippen LogP contribution in [0.2, 0.25) is 0 Å². The van der Waals surface area contributed by atoms with Crippen LogP contribution in [0.4, 0.5) is 11.4 Å². The topological polar surface area (TPSA) is 141 Å². The molecule has 9 nitrogen and oxygen atoms in total. The molecule has 0 unspecified atom stereocenters. The number of H-pyrrole nitrogens is 1. The minimum atomic E-state index is -4.31. The monoisotopic (exact) mass is 465 g/mol. The zero-order chi connectivity index (χ0) is 22.8. The number of rotatable bonds is 3. The first-order valence-electron chi connectivity index (χ1n) is 9.64. The van der Waals surface area contributed by atoms with Crippen molar-refractivity contribution in [1.82, 2.24) is 10.0 Å². The third kappa shape index (κ3) is 4.12. The van der Waals surface area contributed by atoms with E-state index in [1.165, 1.54) is 30.3 Å². The number of nitrogens with one attached hydrogen (secondary N) is 1. The molecule has 0 saturated carbocycles. The quantitative estimate of drug-likeness (QED) is 0.339. The van der Waals surface area contributed by atoms with E-state index in [9.17, 15) is 18.7 Å². The first kappa shape index (κ1) is 24.8. The van der Waals surface area contributed by atoms with Gasteiger partial charge in [0.25, 0.3) is 10.1 Å². The number of azo groups is 1. The zero-order valence-electron chi connectivity index (χ0n) is 18.5. The Bertz CT molecular complexity index is 1310. The van der Waals surface area contributed by atoms with Gasteiger partial charge in [-0.15, -0.1) is 10.3 Å². The van der Waals surface area contributed by atoms with Crippen molar-refractivity contribution in [3.8, 4) is 5.75 Å². The first-order valence-corrected chi connectivity index (χ1v) is 11.1. The summed E-state index contributed by atoms with van der Waals surface area (Å²) in [5, 5.41) is 35.6. The van der Waals surface area contributed by atoms with Crippen LogP contribution >= 0.6 is 0 Å². The Morgan fingerprint density at radius 3 is 2.28 bits per heavy atom. The Morgan fingerprint density at radius 1 is 1.06 bits per heavy atom. The maximum Gasteiger partial charge on any atom is 1.00 e. The third-order valence-electron chi connectivity index (χ3n) is 5.66. The number of hydrogen-bond donors (Lipinski definition) is 2. The molecule has 3 aromatic rings. The Hall–Kier alpha value is -1.79. The summed E-state index contributed by atoms with van der Waals surface area (Å²) in [6, 6.07) is 8.20. The number of aromatic nitrogens is 1. The van der Waals surface area contributed by atoms with Gasteiger partial charge in [0.2, 0.25) is 0 Å². The van der Waals surface area contributed by atoms with Crippen molar-refractivity contribution in [2.45, 2.75) is 50.1 Å². The van der Waals surface area contributed by atoms with Crippen LogP contribution in [-0.2, 0) is 27.3 Å². The molecule has 1 aliphatic rings. The second kappa shape index (κ2) is 8.21. The van der Waals surface area contributed by atoms with E-state index >= 15 is 0 Å². The number of aromatic amines is 1. The molecule has 1 aromatic heterocycles. The fraction of sp³-hybridized carbons (Fsp3) is 0.333. The smallest absolute Gasteiger partial charge is 0.871 e. The Morgan fingerprint density at radius 2 is 1.69 bits per heavy atom. The fourth-order valence-corrected chi connectivity index (χ4v) is 4.85. The summed E-state index contributed by atoms with van der Waals surface area (Å²) in [6.07, 6.45) is 0.492. The van der Waals surface area contributed by atoms with Crippen molar-refractivity contribution in [2.75, 3.05) is 0 Å². The third-order valence-corrected chi connectivity index (χ3v) is 6.52. The van der Waals surface area contributed by atoms with Crippen LogP contribution in [0.5, 0.6) is 5.75 Å². The standard InChI is InChI=1S/C21H23N4O5S.Na/c1-20(2)11-15-18(21(3,4)25(20)27)17-14(22-15)9-10-16(26)19(17)24-23-12-5-7-13(8-6-12)31(28,29)30;/h5-10,22,26H,11H2,1-4H3,(H,28,29,30);/q;+1/p-1. The average Bonchev–Trinajstić information content (AvgIpc) is 3.04. The van der Waals surface area contributed by atoms with Crippen molar-refractivity contribution < 1.29 is 52.8 Å². The van der Waals surface area contributed by atoms with Gasteiger partial charge in [-0.1, -0.05) is 11.8 Å². The molecule has 0 saturated heterocycles. The van der Waals surface area contributed by atoms with E-state index in [1.54, 1.807) is 6.07 Å². The molecule has 2 N–H and O–H groups in total. The molecule has 32 heavy (non-hydrogen) atoms. The minimum Gasteiger partial charge on any atom is -0.871 e. The molecule has 0 amide bonds. The number of benzene rings is 2. The van der Waals surface area contributed by atoms with Crippen LogP contribution in [0, 0.1) is 0 Å². The van der Waals surface area contributed by atoms with Gasteiger partial charge in [0.05, 0.1) is 27.3 Å². The SMILES string of the molecule is CC1(C)Cc2[nH]c3ccc([O-])c(N=Nc4ccc(S(=O)(=O)O)cc4)c3c2C(C)(C)N1[O].[Na+]. The summed E-state index contributed by atoms with van der Waals surface area (Å²) in [4.78, 5) is 3.07. The van der Waals surface area contributed by atoms with Crippen molar-refractivity contribution in [3.05, 3.63) is 47.7 Å². The Balaban J connectivity index is 0.00000289. The maximum atomic E-state index is 13.1. The van der Waals surface area contributed by atoms with E-state index < -0.39 is 21.2 Å². The average molecular weight is 465 g/mol. The molecule has 0 spiro atoms. The fourth-order valence-electron chi connectivity index (χ4n) is 4.37. The molecule has 0 fully saturated rings. The minimum absolute atomic E-state index is 0. The van der Waals surface area contributed by atoms with Crippen LogP contribution in [0.25, 0.3) is 10.9 Å². The van der Waals surface area contributed by atoms with Crippen LogP contribution in [0.15, 0.2) is 51.5 Å². The van der Waals surface area contributed by atoms with Crippen LogP contribution in [0.1, 0.15) is 39.0 Å². The molecule has 0 atom stereocenters.